The Balaban J connectivity index is 1.17. The molecule has 1 heterocycles. The van der Waals surface area contributed by atoms with E-state index in [9.17, 15) is 4.79 Å². The molecule has 0 aliphatic carbocycles. The van der Waals surface area contributed by atoms with Crippen molar-refractivity contribution < 1.29 is 14.3 Å². The van der Waals surface area contributed by atoms with Crippen molar-refractivity contribution in [2.24, 2.45) is 0 Å². The lowest BCUT2D eigenvalue weighted by molar-refractivity contribution is -0.116. The number of hydrogen-bond donors (Lipinski definition) is 1. The maximum atomic E-state index is 12.2. The molecule has 0 bridgehead atoms. The van der Waals surface area contributed by atoms with Gasteiger partial charge in [-0.3, -0.25) is 9.69 Å². The minimum absolute atomic E-state index is 0.0784. The molecule has 4 rings (SSSR count). The first-order valence-corrected chi connectivity index (χ1v) is 13.6. The fourth-order valence-corrected chi connectivity index (χ4v) is 4.97. The summed E-state index contributed by atoms with van der Waals surface area (Å²) in [4.78, 5) is 17.3. The minimum Gasteiger partial charge on any atom is -0.493 e. The number of rotatable bonds is 12. The minimum atomic E-state index is -0.0784. The first-order chi connectivity index (χ1) is 19.2. The van der Waals surface area contributed by atoms with Gasteiger partial charge in [-0.2, -0.15) is 0 Å². The molecule has 1 fully saturated rings. The number of nitrogens with one attached hydrogen (secondary N) is 1. The molecule has 0 aromatic heterocycles. The highest BCUT2D eigenvalue weighted by Crippen LogP contribution is 2.30. The topological polar surface area (TPSA) is 54.0 Å². The van der Waals surface area contributed by atoms with Crippen molar-refractivity contribution in [1.82, 2.24) is 15.1 Å². The Morgan fingerprint density at radius 3 is 2.10 bits per heavy atom. The summed E-state index contributed by atoms with van der Waals surface area (Å²) in [6.07, 6.45) is 8.01. The lowest BCUT2D eigenvalue weighted by atomic mass is 9.96. The maximum absolute atomic E-state index is 12.2. The van der Waals surface area contributed by atoms with Crippen LogP contribution >= 0.6 is 0 Å². The molecule has 204 valence electrons. The first kappa shape index (κ1) is 28.1. The summed E-state index contributed by atoms with van der Waals surface area (Å²) in [6.45, 7) is 5.76. The van der Waals surface area contributed by atoms with Crippen LogP contribution in [0.15, 0.2) is 97.1 Å². The number of benzene rings is 3. The number of hydrogen-bond acceptors (Lipinski definition) is 5. The zero-order valence-electron chi connectivity index (χ0n) is 23.0. The highest BCUT2D eigenvalue weighted by molar-refractivity contribution is 5.87. The van der Waals surface area contributed by atoms with Gasteiger partial charge in [0.25, 0.3) is 0 Å². The number of carbonyl (C=O) groups is 1. The van der Waals surface area contributed by atoms with Gasteiger partial charge in [0.1, 0.15) is 0 Å². The van der Waals surface area contributed by atoms with Gasteiger partial charge in [-0.25, -0.2) is 0 Å². The van der Waals surface area contributed by atoms with Gasteiger partial charge in [-0.1, -0.05) is 85.0 Å². The van der Waals surface area contributed by atoms with Crippen LogP contribution in [0, 0.1) is 0 Å². The molecule has 1 N–H and O–H groups in total. The van der Waals surface area contributed by atoms with E-state index in [-0.39, 0.29) is 11.9 Å². The second-order valence-electron chi connectivity index (χ2n) is 9.58. The van der Waals surface area contributed by atoms with Crippen LogP contribution < -0.4 is 14.8 Å². The lowest BCUT2D eigenvalue weighted by Crippen LogP contribution is -2.48. The van der Waals surface area contributed by atoms with Crippen LogP contribution in [0.1, 0.15) is 29.2 Å². The molecule has 39 heavy (non-hydrogen) atoms. The van der Waals surface area contributed by atoms with Crippen LogP contribution in [0.4, 0.5) is 0 Å². The van der Waals surface area contributed by atoms with E-state index in [4.69, 9.17) is 9.47 Å². The monoisotopic (exact) mass is 525 g/mol. The van der Waals surface area contributed by atoms with Crippen molar-refractivity contribution in [2.45, 2.75) is 12.5 Å². The fraction of sp³-hybridized carbons (Fsp3) is 0.303. The highest BCUT2D eigenvalue weighted by atomic mass is 16.5. The Hall–Kier alpha value is -3.87. The molecule has 3 aromatic rings. The number of allylic oxidation sites excluding steroid dienone is 2. The third kappa shape index (κ3) is 8.31. The van der Waals surface area contributed by atoms with Gasteiger partial charge in [-0.15, -0.1) is 0 Å². The van der Waals surface area contributed by atoms with E-state index in [0.29, 0.717) is 18.0 Å². The molecule has 0 spiro atoms. The van der Waals surface area contributed by atoms with Crippen molar-refractivity contribution >= 4 is 12.0 Å². The molecule has 0 unspecified atom stereocenters. The van der Waals surface area contributed by atoms with Crippen molar-refractivity contribution in [2.75, 3.05) is 53.5 Å². The molecular formula is C33H39N3O3. The first-order valence-electron chi connectivity index (χ1n) is 13.6. The second kappa shape index (κ2) is 14.9. The number of ether oxygens (including phenoxy) is 2. The quantitative estimate of drug-likeness (QED) is 0.200. The van der Waals surface area contributed by atoms with E-state index < -0.39 is 0 Å². The Morgan fingerprint density at radius 1 is 0.846 bits per heavy atom. The average Bonchev–Trinajstić information content (AvgIpc) is 2.99. The molecule has 1 aliphatic rings. The summed E-state index contributed by atoms with van der Waals surface area (Å²) in [5.74, 6) is 1.29. The van der Waals surface area contributed by atoms with E-state index in [0.717, 1.165) is 44.7 Å². The third-order valence-corrected chi connectivity index (χ3v) is 7.01. The van der Waals surface area contributed by atoms with Crippen molar-refractivity contribution in [3.8, 4) is 11.5 Å². The summed E-state index contributed by atoms with van der Waals surface area (Å²) in [7, 11) is 3.23. The molecule has 1 aliphatic heterocycles. The molecule has 1 amide bonds. The van der Waals surface area contributed by atoms with Gasteiger partial charge < -0.3 is 19.7 Å². The van der Waals surface area contributed by atoms with Crippen LogP contribution in [0.25, 0.3) is 6.08 Å². The molecule has 3 aromatic carbocycles. The maximum Gasteiger partial charge on any atom is 0.243 e. The number of amides is 1. The van der Waals surface area contributed by atoms with Crippen molar-refractivity contribution in [3.05, 3.63) is 114 Å². The molecule has 0 atom stereocenters. The van der Waals surface area contributed by atoms with E-state index >= 15 is 0 Å². The smallest absolute Gasteiger partial charge is 0.243 e. The number of piperazine rings is 1. The predicted octanol–water partition coefficient (Wildman–Crippen LogP) is 5.19. The van der Waals surface area contributed by atoms with Gasteiger partial charge in [0.2, 0.25) is 5.91 Å². The van der Waals surface area contributed by atoms with E-state index in [1.165, 1.54) is 11.1 Å². The van der Waals surface area contributed by atoms with Gasteiger partial charge in [0.15, 0.2) is 11.5 Å². The van der Waals surface area contributed by atoms with Crippen LogP contribution in [-0.4, -0.2) is 69.2 Å². The summed E-state index contributed by atoms with van der Waals surface area (Å²) in [5, 5.41) is 2.99. The van der Waals surface area contributed by atoms with E-state index in [2.05, 4.69) is 75.8 Å². The molecule has 0 saturated carbocycles. The number of carbonyl (C=O) groups excluding carboxylic acids is 1. The molecule has 1 saturated heterocycles. The Kier molecular flexibility index (Phi) is 10.8. The van der Waals surface area contributed by atoms with Crippen LogP contribution in [-0.2, 0) is 4.79 Å². The Bertz CT molecular complexity index is 1180. The zero-order chi connectivity index (χ0) is 27.3. The van der Waals surface area contributed by atoms with Gasteiger partial charge in [0, 0.05) is 38.8 Å². The standard InChI is InChI=1S/C33H39N3O3/c1-38-30-19-18-27(26-31(30)39-2)12-9-10-17-32(37)34-20-11-21-35-22-24-36(25-23-35)33(28-13-5-3-6-14-28)29-15-7-4-8-16-29/h3-10,12-19,26,33H,11,20-25H2,1-2H3,(H,34,37). The normalized spacial score (nSPS) is 14.7. The van der Waals surface area contributed by atoms with Crippen molar-refractivity contribution in [3.63, 3.8) is 0 Å². The third-order valence-electron chi connectivity index (χ3n) is 7.01. The lowest BCUT2D eigenvalue weighted by Gasteiger charge is -2.39. The fourth-order valence-electron chi connectivity index (χ4n) is 4.97. The summed E-state index contributed by atoms with van der Waals surface area (Å²) in [6, 6.07) is 27.5. The SMILES string of the molecule is COc1ccc(C=CC=CC(=O)NCCCN2CCN(C(c3ccccc3)c3ccccc3)CC2)cc1OC. The predicted molar refractivity (Wildman–Crippen MR) is 158 cm³/mol. The highest BCUT2D eigenvalue weighted by Gasteiger charge is 2.26. The van der Waals surface area contributed by atoms with Crippen molar-refractivity contribution in [1.29, 1.82) is 0 Å². The largest absolute Gasteiger partial charge is 0.493 e. The van der Waals surface area contributed by atoms with E-state index in [1.54, 1.807) is 26.4 Å². The molecule has 6 heteroatoms. The van der Waals surface area contributed by atoms with Crippen LogP contribution in [0.2, 0.25) is 0 Å². The number of methoxy groups -OCH3 is 2. The number of nitrogens with zero attached hydrogens (tertiary/aromatic N) is 2. The van der Waals surface area contributed by atoms with Crippen LogP contribution in [0.5, 0.6) is 11.5 Å². The summed E-state index contributed by atoms with van der Waals surface area (Å²) in [5.41, 5.74) is 3.65. The molecular weight excluding hydrogens is 486 g/mol. The molecule has 6 nitrogen and oxygen atoms in total. The average molecular weight is 526 g/mol. The molecule has 0 radical (unpaired) electrons. The Morgan fingerprint density at radius 2 is 1.49 bits per heavy atom. The second-order valence-corrected chi connectivity index (χ2v) is 9.58. The summed E-state index contributed by atoms with van der Waals surface area (Å²) < 4.78 is 10.6. The van der Waals surface area contributed by atoms with Gasteiger partial charge in [-0.05, 0) is 41.8 Å². The van der Waals surface area contributed by atoms with Crippen LogP contribution in [0.3, 0.4) is 0 Å². The van der Waals surface area contributed by atoms with Gasteiger partial charge in [0.05, 0.1) is 20.3 Å². The zero-order valence-corrected chi connectivity index (χ0v) is 23.0. The van der Waals surface area contributed by atoms with Gasteiger partial charge >= 0.3 is 0 Å². The summed E-state index contributed by atoms with van der Waals surface area (Å²) >= 11 is 0. The van der Waals surface area contributed by atoms with E-state index in [1.807, 2.05) is 30.4 Å². The Labute approximate surface area is 232 Å².